The van der Waals surface area contributed by atoms with Crippen LogP contribution in [0.3, 0.4) is 0 Å². The van der Waals surface area contributed by atoms with Gasteiger partial charge in [0.2, 0.25) is 5.95 Å². The Morgan fingerprint density at radius 1 is 0.897 bits per heavy atom. The summed E-state index contributed by atoms with van der Waals surface area (Å²) in [4.78, 5) is 12.3. The van der Waals surface area contributed by atoms with Crippen molar-refractivity contribution in [3.63, 3.8) is 0 Å². The summed E-state index contributed by atoms with van der Waals surface area (Å²) in [5, 5.41) is 10.6. The maximum Gasteiger partial charge on any atom is 0.414 e. The van der Waals surface area contributed by atoms with E-state index < -0.39 is 6.09 Å². The second kappa shape index (κ2) is 8.39. The average Bonchev–Trinajstić information content (AvgIpc) is 3.23. The van der Waals surface area contributed by atoms with Crippen LogP contribution in [0, 0.1) is 0 Å². The van der Waals surface area contributed by atoms with Crippen LogP contribution in [0.2, 0.25) is 0 Å². The van der Waals surface area contributed by atoms with Gasteiger partial charge in [-0.3, -0.25) is 9.88 Å². The fourth-order valence-electron chi connectivity index (χ4n) is 3.03. The Morgan fingerprint density at radius 2 is 1.52 bits per heavy atom. The van der Waals surface area contributed by atoms with E-state index in [0.717, 1.165) is 22.4 Å². The molecule has 1 N–H and O–H groups in total. The number of nitrogens with one attached hydrogen (secondary N) is 1. The van der Waals surface area contributed by atoms with E-state index in [1.54, 1.807) is 10.9 Å². The van der Waals surface area contributed by atoms with Gasteiger partial charge in [0.25, 0.3) is 0 Å². The van der Waals surface area contributed by atoms with Gasteiger partial charge < -0.3 is 4.74 Å². The molecule has 29 heavy (non-hydrogen) atoms. The predicted octanol–water partition coefficient (Wildman–Crippen LogP) is 5.24. The Labute approximate surface area is 168 Å². The lowest BCUT2D eigenvalue weighted by atomic mass is 10.1. The summed E-state index contributed by atoms with van der Waals surface area (Å²) >= 11 is 0. The first kappa shape index (κ1) is 18.4. The lowest BCUT2D eigenvalue weighted by Gasteiger charge is -2.14. The highest BCUT2D eigenvalue weighted by Gasteiger charge is 2.15. The first-order chi connectivity index (χ1) is 14.2. The Balaban J connectivity index is 1.46. The molecule has 0 radical (unpaired) electrons. The van der Waals surface area contributed by atoms with Crippen molar-refractivity contribution in [2.45, 2.75) is 13.0 Å². The SMILES string of the molecule is C[C@@H](OC(=O)Nc1nncn1-c1ccc(-c2ccccc2)cc1)c1ccccc1. The number of benzene rings is 3. The Bertz CT molecular complexity index is 1080. The summed E-state index contributed by atoms with van der Waals surface area (Å²) in [6.07, 6.45) is 0.586. The quantitative estimate of drug-likeness (QED) is 0.511. The molecule has 4 rings (SSSR count). The maximum atomic E-state index is 12.3. The van der Waals surface area contributed by atoms with Gasteiger partial charge in [0, 0.05) is 0 Å². The van der Waals surface area contributed by atoms with Crippen LogP contribution >= 0.6 is 0 Å². The van der Waals surface area contributed by atoms with Gasteiger partial charge >= 0.3 is 6.09 Å². The standard InChI is InChI=1S/C23H20N4O2/c1-17(18-8-4-2-5-9-18)29-23(28)25-22-26-24-16-27(22)21-14-12-20(13-15-21)19-10-6-3-7-11-19/h2-17H,1H3,(H,25,26,28)/t17-/m1/s1. The fourth-order valence-corrected chi connectivity index (χ4v) is 3.03. The van der Waals surface area contributed by atoms with Gasteiger partial charge in [-0.25, -0.2) is 4.79 Å². The molecule has 0 fully saturated rings. The molecule has 6 nitrogen and oxygen atoms in total. The van der Waals surface area contributed by atoms with Gasteiger partial charge in [0.15, 0.2) is 0 Å². The van der Waals surface area contributed by atoms with Gasteiger partial charge in [-0.1, -0.05) is 72.8 Å². The zero-order valence-electron chi connectivity index (χ0n) is 15.9. The Kier molecular flexibility index (Phi) is 5.33. The largest absolute Gasteiger partial charge is 0.441 e. The Hall–Kier alpha value is -3.93. The van der Waals surface area contributed by atoms with Gasteiger partial charge in [0.1, 0.15) is 12.4 Å². The van der Waals surface area contributed by atoms with Gasteiger partial charge in [-0.2, -0.15) is 0 Å². The second-order valence-corrected chi connectivity index (χ2v) is 6.52. The minimum atomic E-state index is -0.587. The lowest BCUT2D eigenvalue weighted by molar-refractivity contribution is 0.121. The summed E-state index contributed by atoms with van der Waals surface area (Å²) in [7, 11) is 0. The normalized spacial score (nSPS) is 11.6. The summed E-state index contributed by atoms with van der Waals surface area (Å²) in [5.74, 6) is 0.294. The fraction of sp³-hybridized carbons (Fsp3) is 0.0870. The van der Waals surface area contributed by atoms with E-state index in [1.165, 1.54) is 0 Å². The molecular weight excluding hydrogens is 364 g/mol. The van der Waals surface area contributed by atoms with E-state index in [0.29, 0.717) is 5.95 Å². The molecule has 0 spiro atoms. The number of aromatic nitrogens is 3. The highest BCUT2D eigenvalue weighted by atomic mass is 16.6. The molecule has 0 saturated carbocycles. The molecule has 3 aromatic carbocycles. The maximum absolute atomic E-state index is 12.3. The summed E-state index contributed by atoms with van der Waals surface area (Å²) < 4.78 is 7.14. The molecule has 6 heteroatoms. The number of carbonyl (C=O) groups is 1. The van der Waals surface area contributed by atoms with E-state index in [4.69, 9.17) is 4.74 Å². The molecule has 1 heterocycles. The molecule has 0 aliphatic heterocycles. The molecule has 0 saturated heterocycles. The van der Waals surface area contributed by atoms with Crippen LogP contribution in [-0.2, 0) is 4.74 Å². The van der Waals surface area contributed by atoms with Crippen molar-refractivity contribution in [3.05, 3.63) is 96.8 Å². The molecular formula is C23H20N4O2. The van der Waals surface area contributed by atoms with Gasteiger partial charge in [-0.15, -0.1) is 10.2 Å². The van der Waals surface area contributed by atoms with Crippen molar-refractivity contribution in [2.24, 2.45) is 0 Å². The Morgan fingerprint density at radius 3 is 2.21 bits per heavy atom. The molecule has 144 valence electrons. The number of ether oxygens (including phenoxy) is 1. The van der Waals surface area contributed by atoms with Crippen LogP contribution in [0.5, 0.6) is 0 Å². The summed E-state index contributed by atoms with van der Waals surface area (Å²) in [6.45, 7) is 1.82. The molecule has 0 aliphatic rings. The molecule has 1 atom stereocenters. The second-order valence-electron chi connectivity index (χ2n) is 6.52. The number of anilines is 1. The van der Waals surface area contributed by atoms with Crippen LogP contribution in [-0.4, -0.2) is 20.9 Å². The van der Waals surface area contributed by atoms with E-state index in [2.05, 4.69) is 27.6 Å². The first-order valence-corrected chi connectivity index (χ1v) is 9.29. The molecule has 0 bridgehead atoms. The molecule has 0 aliphatic carbocycles. The third-order valence-corrected chi connectivity index (χ3v) is 4.57. The van der Waals surface area contributed by atoms with Crippen molar-refractivity contribution in [2.75, 3.05) is 5.32 Å². The molecule has 1 aromatic heterocycles. The van der Waals surface area contributed by atoms with Gasteiger partial charge in [0.05, 0.1) is 5.69 Å². The highest BCUT2D eigenvalue weighted by molar-refractivity contribution is 5.83. The van der Waals surface area contributed by atoms with E-state index >= 15 is 0 Å². The minimum absolute atomic E-state index is 0.294. The number of rotatable bonds is 5. The van der Waals surface area contributed by atoms with Crippen molar-refractivity contribution in [3.8, 4) is 16.8 Å². The number of hydrogen-bond acceptors (Lipinski definition) is 4. The van der Waals surface area contributed by atoms with Crippen LogP contribution in [0.15, 0.2) is 91.3 Å². The predicted molar refractivity (Wildman–Crippen MR) is 112 cm³/mol. The minimum Gasteiger partial charge on any atom is -0.441 e. The molecule has 4 aromatic rings. The zero-order valence-corrected chi connectivity index (χ0v) is 15.9. The van der Waals surface area contributed by atoms with Crippen LogP contribution < -0.4 is 5.32 Å². The van der Waals surface area contributed by atoms with E-state index in [9.17, 15) is 4.79 Å². The van der Waals surface area contributed by atoms with Crippen LogP contribution in [0.1, 0.15) is 18.6 Å². The number of carbonyl (C=O) groups excluding carboxylic acids is 1. The summed E-state index contributed by atoms with van der Waals surface area (Å²) in [6, 6.07) is 27.6. The summed E-state index contributed by atoms with van der Waals surface area (Å²) in [5.41, 5.74) is 3.99. The number of hydrogen-bond donors (Lipinski definition) is 1. The van der Waals surface area contributed by atoms with Crippen molar-refractivity contribution in [1.29, 1.82) is 0 Å². The van der Waals surface area contributed by atoms with Crippen molar-refractivity contribution < 1.29 is 9.53 Å². The van der Waals surface area contributed by atoms with Crippen molar-refractivity contribution in [1.82, 2.24) is 14.8 Å². The van der Waals surface area contributed by atoms with Crippen LogP contribution in [0.4, 0.5) is 10.7 Å². The molecule has 0 unspecified atom stereocenters. The number of nitrogens with zero attached hydrogens (tertiary/aromatic N) is 3. The topological polar surface area (TPSA) is 69.0 Å². The first-order valence-electron chi connectivity index (χ1n) is 9.29. The lowest BCUT2D eigenvalue weighted by Crippen LogP contribution is -2.18. The van der Waals surface area contributed by atoms with Crippen molar-refractivity contribution >= 4 is 12.0 Å². The molecule has 1 amide bonds. The van der Waals surface area contributed by atoms with E-state index in [1.807, 2.05) is 79.7 Å². The third-order valence-electron chi connectivity index (χ3n) is 4.57. The number of amides is 1. The average molecular weight is 384 g/mol. The van der Waals surface area contributed by atoms with Gasteiger partial charge in [-0.05, 0) is 35.7 Å². The zero-order chi connectivity index (χ0) is 20.1. The smallest absolute Gasteiger partial charge is 0.414 e. The van der Waals surface area contributed by atoms with Crippen LogP contribution in [0.25, 0.3) is 16.8 Å². The highest BCUT2D eigenvalue weighted by Crippen LogP contribution is 2.22. The third kappa shape index (κ3) is 4.32. The monoisotopic (exact) mass is 384 g/mol. The van der Waals surface area contributed by atoms with E-state index in [-0.39, 0.29) is 6.10 Å².